The molecule has 0 fully saturated rings. The molecule has 1 aliphatic rings. The zero-order valence-electron chi connectivity index (χ0n) is 26.3. The second kappa shape index (κ2) is 12.5. The number of nitrogens with one attached hydrogen (secondary N) is 1. The first kappa shape index (κ1) is 31.1. The van der Waals surface area contributed by atoms with Gasteiger partial charge in [0.2, 0.25) is 0 Å². The topological polar surface area (TPSA) is 86.9 Å². The van der Waals surface area contributed by atoms with Crippen LogP contribution in [0.4, 0.5) is 5.69 Å². The van der Waals surface area contributed by atoms with Crippen LogP contribution in [0.1, 0.15) is 41.0 Å². The fraction of sp³-hybridized carbons (Fsp3) is 0.194. The highest BCUT2D eigenvalue weighted by atomic mass is 35.5. The smallest absolute Gasteiger partial charge is 0.271 e. The lowest BCUT2D eigenvalue weighted by Gasteiger charge is -2.26. The van der Waals surface area contributed by atoms with Crippen molar-refractivity contribution in [2.45, 2.75) is 33.7 Å². The number of carbonyl (C=O) groups excluding carboxylic acids is 1. The van der Waals surface area contributed by atoms with E-state index < -0.39 is 6.04 Å². The number of aryl methyl sites for hydroxylation is 2. The molecule has 1 N–H and O–H groups in total. The standard InChI is InChI=1S/C36H33ClN4O4S/c1-20-12-13-26(18-29(20)37)40-21(2)16-24(23(40)4)17-31-35(43)41-33(28-15-14-27(44-5)19-30(28)45-6)32(22(3)38-36(41)46-31)34(42)39-25-10-8-7-9-11-25/h7-19,33H,1-6H3,(H,39,42)/b31-17-/t33-/m0/s1. The van der Waals surface area contributed by atoms with Crippen LogP contribution < -0.4 is 29.7 Å². The molecule has 0 spiro atoms. The van der Waals surface area contributed by atoms with Crippen molar-refractivity contribution in [1.29, 1.82) is 0 Å². The van der Waals surface area contributed by atoms with Gasteiger partial charge < -0.3 is 19.4 Å². The van der Waals surface area contributed by atoms with Gasteiger partial charge in [0.1, 0.15) is 17.5 Å². The summed E-state index contributed by atoms with van der Waals surface area (Å²) < 4.78 is 15.4. The molecule has 1 aliphatic heterocycles. The van der Waals surface area contributed by atoms with E-state index >= 15 is 0 Å². The number of hydrogen-bond donors (Lipinski definition) is 1. The Bertz CT molecular complexity index is 2210. The lowest BCUT2D eigenvalue weighted by atomic mass is 9.94. The zero-order chi connectivity index (χ0) is 32.7. The number of para-hydroxylation sites is 1. The Hall–Kier alpha value is -4.86. The maximum atomic E-state index is 14.4. The molecular formula is C36H33ClN4O4S. The Balaban J connectivity index is 1.52. The molecule has 0 saturated heterocycles. The van der Waals surface area contributed by atoms with Crippen molar-refractivity contribution in [3.8, 4) is 17.2 Å². The first-order chi connectivity index (χ1) is 22.1. The van der Waals surface area contributed by atoms with Crippen LogP contribution in [0.15, 0.2) is 93.9 Å². The summed E-state index contributed by atoms with van der Waals surface area (Å²) in [7, 11) is 3.13. The number of rotatable bonds is 7. The monoisotopic (exact) mass is 652 g/mol. The van der Waals surface area contributed by atoms with Gasteiger partial charge in [0.15, 0.2) is 4.80 Å². The predicted octanol–water partition coefficient (Wildman–Crippen LogP) is 6.26. The maximum absolute atomic E-state index is 14.4. The summed E-state index contributed by atoms with van der Waals surface area (Å²) in [4.78, 5) is 33.6. The largest absolute Gasteiger partial charge is 0.497 e. The average Bonchev–Trinajstić information content (AvgIpc) is 3.50. The van der Waals surface area contributed by atoms with Gasteiger partial charge in [-0.05, 0) is 87.4 Å². The van der Waals surface area contributed by atoms with E-state index in [9.17, 15) is 9.59 Å². The summed E-state index contributed by atoms with van der Waals surface area (Å²) in [5, 5.41) is 3.67. The molecule has 3 heterocycles. The molecule has 3 aromatic carbocycles. The number of halogens is 1. The number of ether oxygens (including phenoxy) is 2. The summed E-state index contributed by atoms with van der Waals surface area (Å²) in [5.41, 5.74) is 6.70. The van der Waals surface area contributed by atoms with E-state index in [1.54, 1.807) is 37.8 Å². The fourth-order valence-corrected chi connectivity index (χ4v) is 7.08. The highest BCUT2D eigenvalue weighted by Gasteiger charge is 2.34. The molecule has 2 aromatic heterocycles. The molecule has 0 bridgehead atoms. The van der Waals surface area contributed by atoms with Crippen LogP contribution in [-0.2, 0) is 4.79 Å². The number of aromatic nitrogens is 2. The molecule has 8 nitrogen and oxygen atoms in total. The molecule has 0 unspecified atom stereocenters. The van der Waals surface area contributed by atoms with Gasteiger partial charge in [0.25, 0.3) is 11.5 Å². The Labute approximate surface area is 275 Å². The minimum absolute atomic E-state index is 0.257. The Kier molecular flexibility index (Phi) is 8.46. The molecule has 0 saturated carbocycles. The second-order valence-electron chi connectivity index (χ2n) is 11.1. The number of amides is 1. The number of nitrogens with zero attached hydrogens (tertiary/aromatic N) is 3. The summed E-state index contributed by atoms with van der Waals surface area (Å²) >= 11 is 7.74. The van der Waals surface area contributed by atoms with Gasteiger partial charge >= 0.3 is 0 Å². The van der Waals surface area contributed by atoms with Crippen LogP contribution in [0.3, 0.4) is 0 Å². The van der Waals surface area contributed by atoms with Crippen LogP contribution in [0.25, 0.3) is 11.8 Å². The number of methoxy groups -OCH3 is 2. The number of fused-ring (bicyclic) bond motifs is 1. The minimum Gasteiger partial charge on any atom is -0.497 e. The van der Waals surface area contributed by atoms with Gasteiger partial charge in [-0.15, -0.1) is 0 Å². The molecule has 1 atom stereocenters. The first-order valence-corrected chi connectivity index (χ1v) is 15.9. The molecule has 1 amide bonds. The number of thiazole rings is 1. The third-order valence-corrected chi connectivity index (χ3v) is 9.59. The van der Waals surface area contributed by atoms with Crippen LogP contribution in [-0.4, -0.2) is 29.3 Å². The Morgan fingerprint density at radius 3 is 2.43 bits per heavy atom. The molecule has 234 valence electrons. The van der Waals surface area contributed by atoms with Gasteiger partial charge in [-0.2, -0.15) is 0 Å². The van der Waals surface area contributed by atoms with Crippen molar-refractivity contribution in [3.63, 3.8) is 0 Å². The normalized spacial score (nSPS) is 14.6. The van der Waals surface area contributed by atoms with Crippen LogP contribution >= 0.6 is 22.9 Å². The second-order valence-corrected chi connectivity index (χ2v) is 12.5. The minimum atomic E-state index is -0.801. The summed E-state index contributed by atoms with van der Waals surface area (Å²) in [5.74, 6) is 0.720. The quantitative estimate of drug-likeness (QED) is 0.225. The molecular weight excluding hydrogens is 620 g/mol. The van der Waals surface area contributed by atoms with Crippen molar-refractivity contribution in [2.75, 3.05) is 19.5 Å². The maximum Gasteiger partial charge on any atom is 0.271 e. The van der Waals surface area contributed by atoms with E-state index in [1.165, 1.54) is 11.3 Å². The van der Waals surface area contributed by atoms with Crippen molar-refractivity contribution in [3.05, 3.63) is 137 Å². The van der Waals surface area contributed by atoms with Crippen molar-refractivity contribution in [2.24, 2.45) is 4.99 Å². The van der Waals surface area contributed by atoms with E-state index in [2.05, 4.69) is 16.0 Å². The van der Waals surface area contributed by atoms with Gasteiger partial charge in [-0.25, -0.2) is 4.99 Å². The van der Waals surface area contributed by atoms with Crippen LogP contribution in [0.5, 0.6) is 11.5 Å². The van der Waals surface area contributed by atoms with E-state index in [-0.39, 0.29) is 11.5 Å². The van der Waals surface area contributed by atoms with Gasteiger partial charge in [-0.1, -0.05) is 47.2 Å². The highest BCUT2D eigenvalue weighted by Crippen LogP contribution is 2.37. The van der Waals surface area contributed by atoms with Crippen molar-refractivity contribution < 1.29 is 14.3 Å². The van der Waals surface area contributed by atoms with Gasteiger partial charge in [-0.3, -0.25) is 14.2 Å². The van der Waals surface area contributed by atoms with Gasteiger partial charge in [0, 0.05) is 39.4 Å². The summed E-state index contributed by atoms with van der Waals surface area (Å²) in [6, 6.07) is 21.8. The Morgan fingerprint density at radius 1 is 0.978 bits per heavy atom. The molecule has 10 heteroatoms. The van der Waals surface area contributed by atoms with E-state index in [0.717, 1.165) is 28.2 Å². The van der Waals surface area contributed by atoms with Crippen molar-refractivity contribution in [1.82, 2.24) is 9.13 Å². The third kappa shape index (κ3) is 5.57. The molecule has 5 aromatic rings. The van der Waals surface area contributed by atoms with Crippen LogP contribution in [0, 0.1) is 20.8 Å². The Morgan fingerprint density at radius 2 is 1.74 bits per heavy atom. The van der Waals surface area contributed by atoms with Crippen molar-refractivity contribution >= 4 is 40.6 Å². The highest BCUT2D eigenvalue weighted by molar-refractivity contribution is 7.07. The summed E-state index contributed by atoms with van der Waals surface area (Å²) in [6.45, 7) is 7.81. The molecule has 46 heavy (non-hydrogen) atoms. The number of allylic oxidation sites excluding steroid dienone is 1. The number of anilines is 1. The van der Waals surface area contributed by atoms with E-state index in [1.807, 2.05) is 81.4 Å². The molecule has 0 aliphatic carbocycles. The number of benzene rings is 3. The van der Waals surface area contributed by atoms with E-state index in [4.69, 9.17) is 26.1 Å². The average molecular weight is 653 g/mol. The zero-order valence-corrected chi connectivity index (χ0v) is 27.9. The predicted molar refractivity (Wildman–Crippen MR) is 183 cm³/mol. The SMILES string of the molecule is COc1ccc([C@H]2C(C(=O)Nc3ccccc3)=C(C)N=c3s/c(=C\c4cc(C)n(-c5ccc(C)c(Cl)c5)c4C)c(=O)n32)c(OC)c1. The summed E-state index contributed by atoms with van der Waals surface area (Å²) in [6.07, 6.45) is 1.89. The number of carbonyl (C=O) groups is 1. The fourth-order valence-electron chi connectivity index (χ4n) is 5.86. The lowest BCUT2D eigenvalue weighted by Crippen LogP contribution is -2.40. The third-order valence-electron chi connectivity index (χ3n) is 8.20. The molecule has 0 radical (unpaired) electrons. The van der Waals surface area contributed by atoms with Crippen LogP contribution in [0.2, 0.25) is 5.02 Å². The molecule has 6 rings (SSSR count). The lowest BCUT2D eigenvalue weighted by molar-refractivity contribution is -0.113. The van der Waals surface area contributed by atoms with E-state index in [0.29, 0.717) is 48.4 Å². The van der Waals surface area contributed by atoms with Gasteiger partial charge in [0.05, 0.1) is 30.0 Å². The first-order valence-electron chi connectivity index (χ1n) is 14.7. The number of hydrogen-bond acceptors (Lipinski definition) is 6.